The van der Waals surface area contributed by atoms with Crippen molar-refractivity contribution in [3.8, 4) is 11.4 Å². The molecule has 34 heavy (non-hydrogen) atoms. The Hall–Kier alpha value is -2.86. The topological polar surface area (TPSA) is 61.2 Å². The highest BCUT2D eigenvalue weighted by atomic mass is 19.1. The maximum atomic E-state index is 14.6. The first kappa shape index (κ1) is 25.8. The van der Waals surface area contributed by atoms with Crippen LogP contribution in [0.4, 0.5) is 4.39 Å². The van der Waals surface area contributed by atoms with E-state index in [2.05, 4.69) is 20.8 Å². The Morgan fingerprint density at radius 3 is 2.50 bits per heavy atom. The van der Waals surface area contributed by atoms with Crippen molar-refractivity contribution in [2.45, 2.75) is 79.9 Å². The smallest absolute Gasteiger partial charge is 0.257 e. The van der Waals surface area contributed by atoms with E-state index in [0.717, 1.165) is 58.2 Å². The first-order valence-electron chi connectivity index (χ1n) is 12.0. The largest absolute Gasteiger partial charge is 0.380 e. The van der Waals surface area contributed by atoms with Crippen molar-refractivity contribution in [3.05, 3.63) is 61.7 Å². The van der Waals surface area contributed by atoms with Crippen LogP contribution in [0.15, 0.2) is 16.9 Å². The summed E-state index contributed by atoms with van der Waals surface area (Å²) < 4.78 is 21.6. The quantitative estimate of drug-likeness (QED) is 0.340. The van der Waals surface area contributed by atoms with Crippen molar-refractivity contribution in [3.63, 3.8) is 0 Å². The van der Waals surface area contributed by atoms with Crippen molar-refractivity contribution in [2.24, 2.45) is 0 Å². The molecule has 182 valence electrons. The van der Waals surface area contributed by atoms with Gasteiger partial charge in [0, 0.05) is 29.7 Å². The summed E-state index contributed by atoms with van der Waals surface area (Å²) in [7, 11) is 1.60. The van der Waals surface area contributed by atoms with Crippen molar-refractivity contribution in [1.29, 1.82) is 0 Å². The fourth-order valence-electron chi connectivity index (χ4n) is 5.02. The third-order valence-electron chi connectivity index (χ3n) is 6.54. The minimum atomic E-state index is -0.197. The lowest BCUT2D eigenvalue weighted by molar-refractivity contribution is -0.106. The Morgan fingerprint density at radius 1 is 1.24 bits per heavy atom. The van der Waals surface area contributed by atoms with Crippen LogP contribution in [0.25, 0.3) is 22.3 Å². The van der Waals surface area contributed by atoms with Crippen LogP contribution in [0.5, 0.6) is 0 Å². The van der Waals surface area contributed by atoms with E-state index in [1.807, 2.05) is 19.9 Å². The molecule has 0 N–H and O–H groups in total. The summed E-state index contributed by atoms with van der Waals surface area (Å²) in [6.45, 7) is 12.5. The first-order chi connectivity index (χ1) is 16.2. The molecule has 3 aromatic rings. The molecule has 0 bridgehead atoms. The molecule has 2 aliphatic rings. The van der Waals surface area contributed by atoms with Gasteiger partial charge >= 0.3 is 0 Å². The van der Waals surface area contributed by atoms with E-state index in [1.54, 1.807) is 17.7 Å². The van der Waals surface area contributed by atoms with Gasteiger partial charge in [-0.05, 0) is 67.9 Å². The van der Waals surface area contributed by atoms with Crippen LogP contribution in [0, 0.1) is 19.7 Å². The van der Waals surface area contributed by atoms with Gasteiger partial charge in [0.15, 0.2) is 0 Å². The summed E-state index contributed by atoms with van der Waals surface area (Å²) in [5.41, 5.74) is 8.13. The predicted octanol–water partition coefficient (Wildman–Crippen LogP) is 6.00. The molecule has 0 radical (unpaired) electrons. The number of nitrogens with zero attached hydrogens (tertiary/aromatic N) is 2. The zero-order valence-electron chi connectivity index (χ0n) is 21.3. The second-order valence-electron chi connectivity index (χ2n) is 9.11. The average molecular weight is 467 g/mol. The van der Waals surface area contributed by atoms with Crippen molar-refractivity contribution in [1.82, 2.24) is 9.55 Å². The Balaban J connectivity index is 0.000000492. The number of ether oxygens (including phenoxy) is 1. The number of hydrogen-bond acceptors (Lipinski definition) is 4. The maximum absolute atomic E-state index is 14.6. The van der Waals surface area contributed by atoms with Crippen LogP contribution in [0.2, 0.25) is 0 Å². The summed E-state index contributed by atoms with van der Waals surface area (Å²) in [6.07, 6.45) is 3.86. The van der Waals surface area contributed by atoms with E-state index in [0.29, 0.717) is 30.1 Å². The second kappa shape index (κ2) is 10.6. The second-order valence-corrected chi connectivity index (χ2v) is 9.11. The number of carbonyl (C=O) groups is 1. The molecule has 1 aromatic carbocycles. The van der Waals surface area contributed by atoms with Gasteiger partial charge in [0.1, 0.15) is 12.1 Å². The molecule has 0 fully saturated rings. The van der Waals surface area contributed by atoms with Gasteiger partial charge in [-0.2, -0.15) is 0 Å². The average Bonchev–Trinajstić information content (AvgIpc) is 3.15. The molecule has 0 saturated heterocycles. The number of carbonyl (C=O) groups excluding carboxylic acids is 1. The molecule has 6 heteroatoms. The van der Waals surface area contributed by atoms with Crippen LogP contribution >= 0.6 is 0 Å². The van der Waals surface area contributed by atoms with Crippen molar-refractivity contribution < 1.29 is 13.9 Å². The van der Waals surface area contributed by atoms with Gasteiger partial charge in [0.05, 0.1) is 30.1 Å². The molecule has 0 amide bonds. The number of aldehydes is 1. The van der Waals surface area contributed by atoms with Gasteiger partial charge in [0.2, 0.25) is 0 Å². The molecule has 0 saturated carbocycles. The SMILES string of the molecule is CC=O.CCC.COCc1c(C)cc2n(c1=O)Cc1c-2nc2cc(F)c(C)c3c2c1C(C)CC3. The number of methoxy groups -OCH3 is 1. The number of aromatic nitrogens is 2. The molecule has 2 aromatic heterocycles. The Kier molecular flexibility index (Phi) is 8.03. The predicted molar refractivity (Wildman–Crippen MR) is 135 cm³/mol. The molecule has 1 atom stereocenters. The number of hydrogen-bond donors (Lipinski definition) is 0. The summed E-state index contributed by atoms with van der Waals surface area (Å²) >= 11 is 0. The summed E-state index contributed by atoms with van der Waals surface area (Å²) in [5.74, 6) is 0.165. The van der Waals surface area contributed by atoms with Crippen LogP contribution in [0.3, 0.4) is 0 Å². The minimum absolute atomic E-state index is 0.0165. The van der Waals surface area contributed by atoms with Gasteiger partial charge < -0.3 is 14.1 Å². The lowest BCUT2D eigenvalue weighted by Gasteiger charge is -2.26. The molecule has 1 aliphatic carbocycles. The van der Waals surface area contributed by atoms with Gasteiger partial charge in [-0.3, -0.25) is 4.79 Å². The summed E-state index contributed by atoms with van der Waals surface area (Å²) in [5, 5.41) is 1.10. The number of aryl methyl sites for hydroxylation is 2. The Morgan fingerprint density at radius 2 is 1.88 bits per heavy atom. The highest BCUT2D eigenvalue weighted by molar-refractivity contribution is 5.92. The van der Waals surface area contributed by atoms with Gasteiger partial charge in [-0.1, -0.05) is 27.2 Å². The standard InChI is InChI=1S/C23H23FN2O2.C3H8.C2H4O/c1-11-5-6-14-13(3)17(24)8-18-21(14)20(11)15-9-26-19(22(15)25-18)7-12(2)16(10-28-4)23(26)27;1-3-2;1-2-3/h7-8,11H,5-6,9-10H2,1-4H3;3H2,1-2H3;2H,1H3. The molecule has 5 rings (SSSR count). The number of fused-ring (bicyclic) bond motifs is 4. The molecule has 5 nitrogen and oxygen atoms in total. The highest BCUT2D eigenvalue weighted by Crippen LogP contribution is 2.45. The van der Waals surface area contributed by atoms with E-state index >= 15 is 0 Å². The number of pyridine rings is 2. The fourth-order valence-corrected chi connectivity index (χ4v) is 5.02. The molecule has 1 unspecified atom stereocenters. The Bertz CT molecular complexity index is 1290. The third-order valence-corrected chi connectivity index (χ3v) is 6.54. The first-order valence-corrected chi connectivity index (χ1v) is 12.0. The minimum Gasteiger partial charge on any atom is -0.380 e. The van der Waals surface area contributed by atoms with Crippen LogP contribution < -0.4 is 5.56 Å². The molecule has 0 spiro atoms. The lowest BCUT2D eigenvalue weighted by atomic mass is 9.79. The third kappa shape index (κ3) is 4.31. The van der Waals surface area contributed by atoms with Crippen LogP contribution in [-0.4, -0.2) is 22.9 Å². The number of benzene rings is 1. The molecule has 3 heterocycles. The summed E-state index contributed by atoms with van der Waals surface area (Å²) in [6, 6.07) is 3.58. The zero-order chi connectivity index (χ0) is 25.2. The van der Waals surface area contributed by atoms with Gasteiger partial charge in [-0.25, -0.2) is 9.37 Å². The molecule has 1 aliphatic heterocycles. The fraction of sp³-hybridized carbons (Fsp3) is 0.464. The molecular formula is C28H35FN2O3. The van der Waals surface area contributed by atoms with Crippen molar-refractivity contribution >= 4 is 17.2 Å². The number of halogens is 1. The monoisotopic (exact) mass is 466 g/mol. The van der Waals surface area contributed by atoms with E-state index in [9.17, 15) is 9.18 Å². The van der Waals surface area contributed by atoms with Crippen molar-refractivity contribution in [2.75, 3.05) is 7.11 Å². The molecular weight excluding hydrogens is 431 g/mol. The van der Waals surface area contributed by atoms with E-state index in [1.165, 1.54) is 18.9 Å². The maximum Gasteiger partial charge on any atom is 0.257 e. The summed E-state index contributed by atoms with van der Waals surface area (Å²) in [4.78, 5) is 26.8. The lowest BCUT2D eigenvalue weighted by Crippen LogP contribution is -2.24. The highest BCUT2D eigenvalue weighted by Gasteiger charge is 2.32. The Labute approximate surface area is 201 Å². The van der Waals surface area contributed by atoms with Gasteiger partial charge in [0.25, 0.3) is 5.56 Å². The van der Waals surface area contributed by atoms with E-state index in [-0.39, 0.29) is 11.4 Å². The van der Waals surface area contributed by atoms with Gasteiger partial charge in [-0.15, -0.1) is 0 Å². The van der Waals surface area contributed by atoms with Crippen LogP contribution in [0.1, 0.15) is 79.8 Å². The van der Waals surface area contributed by atoms with E-state index < -0.39 is 0 Å². The van der Waals surface area contributed by atoms with E-state index in [4.69, 9.17) is 14.5 Å². The number of rotatable bonds is 2. The van der Waals surface area contributed by atoms with Crippen LogP contribution in [-0.2, 0) is 29.1 Å². The zero-order valence-corrected chi connectivity index (χ0v) is 21.3. The normalized spacial score (nSPS) is 15.0.